The standard InChI is InChI=1S/C19H32N4O2/c1-6-20-19(21-12-14(2)3)22-15-7-8-23(13-15)16-9-17(24-4)11-18(10-16)25-5/h9-11,14-15H,6-8,12-13H2,1-5H3,(H2,20,21,22). The quantitative estimate of drug-likeness (QED) is 0.586. The first-order valence-corrected chi connectivity index (χ1v) is 9.08. The van der Waals surface area contributed by atoms with Crippen LogP contribution in [0.4, 0.5) is 5.69 Å². The fourth-order valence-electron chi connectivity index (χ4n) is 2.87. The van der Waals surface area contributed by atoms with E-state index in [0.29, 0.717) is 12.0 Å². The molecule has 0 amide bonds. The summed E-state index contributed by atoms with van der Waals surface area (Å²) in [5, 5.41) is 6.90. The molecular formula is C19H32N4O2. The highest BCUT2D eigenvalue weighted by molar-refractivity contribution is 5.80. The van der Waals surface area contributed by atoms with Gasteiger partial charge in [-0.2, -0.15) is 0 Å². The number of benzene rings is 1. The molecule has 0 aliphatic carbocycles. The Labute approximate surface area is 151 Å². The van der Waals surface area contributed by atoms with Gasteiger partial charge >= 0.3 is 0 Å². The number of anilines is 1. The summed E-state index contributed by atoms with van der Waals surface area (Å²) in [6.07, 6.45) is 1.08. The molecule has 2 rings (SSSR count). The summed E-state index contributed by atoms with van der Waals surface area (Å²) in [6, 6.07) is 6.39. The van der Waals surface area contributed by atoms with Crippen LogP contribution in [-0.4, -0.2) is 52.4 Å². The molecule has 0 radical (unpaired) electrons. The summed E-state index contributed by atoms with van der Waals surface area (Å²) in [5.41, 5.74) is 1.13. The molecule has 25 heavy (non-hydrogen) atoms. The minimum absolute atomic E-state index is 0.377. The van der Waals surface area contributed by atoms with E-state index in [1.54, 1.807) is 14.2 Å². The van der Waals surface area contributed by atoms with Crippen LogP contribution in [0.25, 0.3) is 0 Å². The fraction of sp³-hybridized carbons (Fsp3) is 0.632. The van der Waals surface area contributed by atoms with Crippen molar-refractivity contribution in [3.05, 3.63) is 18.2 Å². The highest BCUT2D eigenvalue weighted by atomic mass is 16.5. The van der Waals surface area contributed by atoms with Crippen LogP contribution in [0.3, 0.4) is 0 Å². The van der Waals surface area contributed by atoms with Crippen LogP contribution in [-0.2, 0) is 0 Å². The van der Waals surface area contributed by atoms with Gasteiger partial charge in [-0.05, 0) is 19.3 Å². The lowest BCUT2D eigenvalue weighted by atomic mass is 10.2. The smallest absolute Gasteiger partial charge is 0.191 e. The van der Waals surface area contributed by atoms with Gasteiger partial charge in [0.05, 0.1) is 14.2 Å². The van der Waals surface area contributed by atoms with E-state index in [-0.39, 0.29) is 0 Å². The van der Waals surface area contributed by atoms with Crippen LogP contribution >= 0.6 is 0 Å². The van der Waals surface area contributed by atoms with Crippen molar-refractivity contribution in [3.8, 4) is 11.5 Å². The Balaban J connectivity index is 2.01. The van der Waals surface area contributed by atoms with Gasteiger partial charge in [0.25, 0.3) is 0 Å². The number of hydrogen-bond donors (Lipinski definition) is 2. The maximum Gasteiger partial charge on any atom is 0.191 e. The molecule has 1 aliphatic heterocycles. The highest BCUT2D eigenvalue weighted by Crippen LogP contribution is 2.30. The highest BCUT2D eigenvalue weighted by Gasteiger charge is 2.24. The fourth-order valence-corrected chi connectivity index (χ4v) is 2.87. The molecule has 0 spiro atoms. The van der Waals surface area contributed by atoms with Gasteiger partial charge in [0.2, 0.25) is 0 Å². The second-order valence-electron chi connectivity index (χ2n) is 6.76. The molecule has 1 unspecified atom stereocenters. The second-order valence-corrected chi connectivity index (χ2v) is 6.76. The van der Waals surface area contributed by atoms with Crippen LogP contribution in [0.5, 0.6) is 11.5 Å². The van der Waals surface area contributed by atoms with Gasteiger partial charge in [-0.1, -0.05) is 13.8 Å². The van der Waals surface area contributed by atoms with Crippen molar-refractivity contribution in [1.82, 2.24) is 10.6 Å². The van der Waals surface area contributed by atoms with Crippen LogP contribution in [0, 0.1) is 5.92 Å². The van der Waals surface area contributed by atoms with Crippen molar-refractivity contribution >= 4 is 11.6 Å². The lowest BCUT2D eigenvalue weighted by molar-refractivity contribution is 0.394. The molecule has 1 aromatic rings. The average Bonchev–Trinajstić information content (AvgIpc) is 3.08. The molecule has 0 bridgehead atoms. The Morgan fingerprint density at radius 3 is 2.48 bits per heavy atom. The Morgan fingerprint density at radius 2 is 1.92 bits per heavy atom. The number of guanidine groups is 1. The molecule has 6 heteroatoms. The lowest BCUT2D eigenvalue weighted by Gasteiger charge is -2.21. The second kappa shape index (κ2) is 9.39. The summed E-state index contributed by atoms with van der Waals surface area (Å²) < 4.78 is 10.8. The van der Waals surface area contributed by atoms with E-state index in [2.05, 4.69) is 53.4 Å². The van der Waals surface area contributed by atoms with Gasteiger partial charge in [0.15, 0.2) is 5.96 Å². The van der Waals surface area contributed by atoms with E-state index in [4.69, 9.17) is 9.47 Å². The largest absolute Gasteiger partial charge is 0.497 e. The topological polar surface area (TPSA) is 58.1 Å². The van der Waals surface area contributed by atoms with E-state index in [0.717, 1.165) is 55.7 Å². The van der Waals surface area contributed by atoms with Crippen LogP contribution in [0.2, 0.25) is 0 Å². The van der Waals surface area contributed by atoms with Gasteiger partial charge in [0.1, 0.15) is 11.5 Å². The SMILES string of the molecule is CCNC(=NCC(C)C)NC1CCN(c2cc(OC)cc(OC)c2)C1. The van der Waals surface area contributed by atoms with Crippen molar-refractivity contribution in [2.75, 3.05) is 45.3 Å². The molecular weight excluding hydrogens is 316 g/mol. The molecule has 1 fully saturated rings. The molecule has 1 saturated heterocycles. The van der Waals surface area contributed by atoms with Crippen molar-refractivity contribution in [1.29, 1.82) is 0 Å². The zero-order chi connectivity index (χ0) is 18.2. The summed E-state index contributed by atoms with van der Waals surface area (Å²) >= 11 is 0. The Kier molecular flexibility index (Phi) is 7.22. The van der Waals surface area contributed by atoms with Gasteiger partial charge in [0, 0.05) is 56.1 Å². The van der Waals surface area contributed by atoms with Crippen molar-refractivity contribution in [2.45, 2.75) is 33.2 Å². The predicted molar refractivity (Wildman–Crippen MR) is 104 cm³/mol. The molecule has 0 aromatic heterocycles. The normalized spacial score (nSPS) is 17.8. The molecule has 0 saturated carbocycles. The average molecular weight is 348 g/mol. The third kappa shape index (κ3) is 5.73. The minimum atomic E-state index is 0.377. The van der Waals surface area contributed by atoms with Gasteiger partial charge in [-0.25, -0.2) is 0 Å². The molecule has 1 aliphatic rings. The number of methoxy groups -OCH3 is 2. The molecule has 6 nitrogen and oxygen atoms in total. The van der Waals surface area contributed by atoms with Crippen molar-refractivity contribution in [3.63, 3.8) is 0 Å². The Bertz CT molecular complexity index is 552. The van der Waals surface area contributed by atoms with E-state index in [1.807, 2.05) is 6.07 Å². The zero-order valence-electron chi connectivity index (χ0n) is 16.1. The molecule has 1 aromatic carbocycles. The van der Waals surface area contributed by atoms with Crippen LogP contribution in [0.1, 0.15) is 27.2 Å². The van der Waals surface area contributed by atoms with E-state index >= 15 is 0 Å². The lowest BCUT2D eigenvalue weighted by Crippen LogP contribution is -2.44. The predicted octanol–water partition coefficient (Wildman–Crippen LogP) is 2.49. The number of hydrogen-bond acceptors (Lipinski definition) is 4. The molecule has 2 N–H and O–H groups in total. The molecule has 1 heterocycles. The molecule has 1 atom stereocenters. The summed E-state index contributed by atoms with van der Waals surface area (Å²) in [6.45, 7) is 10.1. The summed E-state index contributed by atoms with van der Waals surface area (Å²) in [5.74, 6) is 3.10. The first kappa shape index (κ1) is 19.2. The monoisotopic (exact) mass is 348 g/mol. The van der Waals surface area contributed by atoms with E-state index < -0.39 is 0 Å². The summed E-state index contributed by atoms with van der Waals surface area (Å²) in [7, 11) is 3.36. The zero-order valence-corrected chi connectivity index (χ0v) is 16.1. The van der Waals surface area contributed by atoms with E-state index in [9.17, 15) is 0 Å². The van der Waals surface area contributed by atoms with Gasteiger partial charge < -0.3 is 25.0 Å². The number of nitrogens with one attached hydrogen (secondary N) is 2. The number of rotatable bonds is 7. The number of nitrogens with zero attached hydrogens (tertiary/aromatic N) is 2. The first-order chi connectivity index (χ1) is 12.0. The molecule has 140 valence electrons. The first-order valence-electron chi connectivity index (χ1n) is 9.08. The van der Waals surface area contributed by atoms with Gasteiger partial charge in [-0.3, -0.25) is 4.99 Å². The maximum absolute atomic E-state index is 5.38. The third-order valence-corrected chi connectivity index (χ3v) is 4.19. The summed E-state index contributed by atoms with van der Waals surface area (Å²) in [4.78, 5) is 7.02. The third-order valence-electron chi connectivity index (χ3n) is 4.19. The number of aliphatic imine (C=N–C) groups is 1. The Hall–Kier alpha value is -2.11. The van der Waals surface area contributed by atoms with Gasteiger partial charge in [-0.15, -0.1) is 0 Å². The maximum atomic E-state index is 5.38. The van der Waals surface area contributed by atoms with Crippen molar-refractivity contribution < 1.29 is 9.47 Å². The number of ether oxygens (including phenoxy) is 2. The minimum Gasteiger partial charge on any atom is -0.497 e. The van der Waals surface area contributed by atoms with E-state index in [1.165, 1.54) is 0 Å². The van der Waals surface area contributed by atoms with Crippen LogP contribution in [0.15, 0.2) is 23.2 Å². The van der Waals surface area contributed by atoms with Crippen LogP contribution < -0.4 is 25.0 Å². The Morgan fingerprint density at radius 1 is 1.24 bits per heavy atom. The van der Waals surface area contributed by atoms with Crippen molar-refractivity contribution in [2.24, 2.45) is 10.9 Å².